The Labute approximate surface area is 190 Å². The zero-order chi connectivity index (χ0) is 22.0. The van der Waals surface area contributed by atoms with Crippen LogP contribution in [0.1, 0.15) is 85.0 Å². The predicted octanol–water partition coefficient (Wildman–Crippen LogP) is 6.05. The number of aliphatic hydroxyl groups excluding tert-OH is 1. The highest BCUT2D eigenvalue weighted by molar-refractivity contribution is 5.27. The average Bonchev–Trinajstić information content (AvgIpc) is 3.05. The molecule has 4 fully saturated rings. The molecule has 0 aromatic carbocycles. The fourth-order valence-electron chi connectivity index (χ4n) is 7.21. The molecule has 0 spiro atoms. The van der Waals surface area contributed by atoms with Crippen LogP contribution < -0.4 is 0 Å². The van der Waals surface area contributed by atoms with Crippen molar-refractivity contribution in [1.29, 1.82) is 0 Å². The van der Waals surface area contributed by atoms with Gasteiger partial charge in [0.05, 0.1) is 18.3 Å². The summed E-state index contributed by atoms with van der Waals surface area (Å²) in [5.74, 6) is 1.65. The molecule has 3 heteroatoms. The number of aliphatic hydroxyl groups is 1. The van der Waals surface area contributed by atoms with Gasteiger partial charge >= 0.3 is 0 Å². The first kappa shape index (κ1) is 23.3. The Morgan fingerprint density at radius 1 is 1.13 bits per heavy atom. The Bertz CT molecular complexity index is 700. The van der Waals surface area contributed by atoms with E-state index in [1.165, 1.54) is 57.1 Å². The Morgan fingerprint density at radius 3 is 2.65 bits per heavy atom. The van der Waals surface area contributed by atoms with Crippen LogP contribution in [-0.2, 0) is 4.74 Å². The van der Waals surface area contributed by atoms with E-state index in [1.807, 2.05) is 0 Å². The summed E-state index contributed by atoms with van der Waals surface area (Å²) in [7, 11) is 0. The lowest BCUT2D eigenvalue weighted by atomic mass is 9.62. The van der Waals surface area contributed by atoms with Crippen LogP contribution in [0.2, 0.25) is 0 Å². The van der Waals surface area contributed by atoms with E-state index in [0.717, 1.165) is 49.8 Å². The fraction of sp³-hybridized carbons (Fsp3) is 0.786. The van der Waals surface area contributed by atoms with Gasteiger partial charge in [-0.15, -0.1) is 0 Å². The number of nitrogens with zero attached hydrogens (tertiary/aromatic N) is 1. The minimum atomic E-state index is -0.330. The van der Waals surface area contributed by atoms with Crippen molar-refractivity contribution in [3.63, 3.8) is 0 Å². The Balaban J connectivity index is 1.33. The van der Waals surface area contributed by atoms with Gasteiger partial charge in [0.25, 0.3) is 0 Å². The summed E-state index contributed by atoms with van der Waals surface area (Å²) >= 11 is 0. The first-order chi connectivity index (χ1) is 14.8. The Morgan fingerprint density at radius 2 is 1.90 bits per heavy atom. The molecule has 4 rings (SSSR count). The summed E-state index contributed by atoms with van der Waals surface area (Å²) in [5, 5.41) is 10.1. The van der Waals surface area contributed by atoms with Crippen LogP contribution >= 0.6 is 0 Å². The first-order valence-corrected chi connectivity index (χ1v) is 13.0. The van der Waals surface area contributed by atoms with Crippen LogP contribution in [-0.4, -0.2) is 48.0 Å². The summed E-state index contributed by atoms with van der Waals surface area (Å²) < 4.78 is 5.90. The third-order valence-electron chi connectivity index (χ3n) is 8.91. The molecule has 174 valence electrons. The number of fused-ring (bicyclic) bond motifs is 1. The molecule has 4 aliphatic rings. The molecule has 1 saturated heterocycles. The molecule has 0 amide bonds. The second kappa shape index (κ2) is 9.93. The van der Waals surface area contributed by atoms with Gasteiger partial charge in [0.15, 0.2) is 0 Å². The largest absolute Gasteiger partial charge is 0.388 e. The van der Waals surface area contributed by atoms with Gasteiger partial charge in [-0.05, 0) is 107 Å². The van der Waals surface area contributed by atoms with Gasteiger partial charge in [0.2, 0.25) is 0 Å². The number of hydrogen-bond donors (Lipinski definition) is 1. The van der Waals surface area contributed by atoms with Crippen molar-refractivity contribution in [2.45, 2.75) is 103 Å². The lowest BCUT2D eigenvalue weighted by Gasteiger charge is -2.43. The third kappa shape index (κ3) is 5.37. The minimum absolute atomic E-state index is 0.330. The van der Waals surface area contributed by atoms with Gasteiger partial charge in [0, 0.05) is 13.1 Å². The van der Waals surface area contributed by atoms with Crippen molar-refractivity contribution in [2.24, 2.45) is 17.3 Å². The maximum Gasteiger partial charge on any atom is 0.0784 e. The minimum Gasteiger partial charge on any atom is -0.388 e. The van der Waals surface area contributed by atoms with Gasteiger partial charge in [0.1, 0.15) is 0 Å². The molecule has 1 heterocycles. The molecule has 0 bridgehead atoms. The number of ether oxygens (including phenoxy) is 1. The molecule has 0 aromatic heterocycles. The first-order valence-electron chi connectivity index (χ1n) is 13.0. The van der Waals surface area contributed by atoms with Crippen LogP contribution in [0.3, 0.4) is 0 Å². The van der Waals surface area contributed by atoms with Gasteiger partial charge < -0.3 is 9.84 Å². The Kier molecular flexibility index (Phi) is 7.45. The van der Waals surface area contributed by atoms with Gasteiger partial charge in [-0.1, -0.05) is 36.8 Å². The fourth-order valence-corrected chi connectivity index (χ4v) is 7.21. The highest BCUT2D eigenvalue weighted by Crippen LogP contribution is 2.58. The van der Waals surface area contributed by atoms with E-state index in [4.69, 9.17) is 4.74 Å². The van der Waals surface area contributed by atoms with E-state index in [9.17, 15) is 5.11 Å². The molecule has 31 heavy (non-hydrogen) atoms. The van der Waals surface area contributed by atoms with Crippen molar-refractivity contribution in [3.8, 4) is 0 Å². The van der Waals surface area contributed by atoms with Crippen LogP contribution in [0.15, 0.2) is 35.5 Å². The van der Waals surface area contributed by atoms with Gasteiger partial charge in [-0.2, -0.15) is 0 Å². The standard InChI is InChI=1S/C28H45NO2/c1-20-9-10-23(17-27(20)30)11-12-24-7-5-15-28(4)25(13-14-26(24)28)8-6-16-29-18-21(2)31-22(3)19-29/h11-12,21-22,25-27,30H,1,5-10,13-19H2,2-4H3/b23-11-,24-12+/t21-,22+,25?,26?,27?,28?. The SMILES string of the molecule is C=C1CC/C(=C/C=C2\CCCC3(C)C(CCCN4C[C@@H](C)O[C@@H](C)C4)CCC23)CC1O. The van der Waals surface area contributed by atoms with Crippen LogP contribution in [0.25, 0.3) is 0 Å². The highest BCUT2D eigenvalue weighted by atomic mass is 16.5. The molecule has 3 aliphatic carbocycles. The topological polar surface area (TPSA) is 32.7 Å². The lowest BCUT2D eigenvalue weighted by molar-refractivity contribution is -0.0686. The van der Waals surface area contributed by atoms with E-state index >= 15 is 0 Å². The molecular formula is C28H45NO2. The number of rotatable bonds is 5. The van der Waals surface area contributed by atoms with E-state index in [0.29, 0.717) is 17.6 Å². The summed E-state index contributed by atoms with van der Waals surface area (Å²) in [4.78, 5) is 2.62. The smallest absolute Gasteiger partial charge is 0.0784 e. The summed E-state index contributed by atoms with van der Waals surface area (Å²) in [6.45, 7) is 14.4. The number of morpholine rings is 1. The normalized spacial score (nSPS) is 42.3. The zero-order valence-corrected chi connectivity index (χ0v) is 20.2. The molecule has 0 aromatic rings. The third-order valence-corrected chi connectivity index (χ3v) is 8.91. The maximum absolute atomic E-state index is 10.1. The van der Waals surface area contributed by atoms with E-state index < -0.39 is 0 Å². The molecule has 1 aliphatic heterocycles. The Hall–Kier alpha value is -0.900. The van der Waals surface area contributed by atoms with E-state index in [-0.39, 0.29) is 6.10 Å². The van der Waals surface area contributed by atoms with Gasteiger partial charge in [-0.25, -0.2) is 0 Å². The molecule has 3 nitrogen and oxygen atoms in total. The number of allylic oxidation sites excluding steroid dienone is 3. The van der Waals surface area contributed by atoms with Crippen molar-refractivity contribution in [1.82, 2.24) is 4.90 Å². The molecule has 6 atom stereocenters. The molecule has 0 radical (unpaired) electrons. The number of hydrogen-bond acceptors (Lipinski definition) is 3. The molecule has 1 N–H and O–H groups in total. The van der Waals surface area contributed by atoms with Crippen molar-refractivity contribution in [2.75, 3.05) is 19.6 Å². The van der Waals surface area contributed by atoms with Crippen LogP contribution in [0.4, 0.5) is 0 Å². The van der Waals surface area contributed by atoms with Gasteiger partial charge in [-0.3, -0.25) is 4.90 Å². The van der Waals surface area contributed by atoms with Crippen molar-refractivity contribution in [3.05, 3.63) is 35.5 Å². The molecule has 3 saturated carbocycles. The zero-order valence-electron chi connectivity index (χ0n) is 20.2. The van der Waals surface area contributed by atoms with Crippen LogP contribution in [0, 0.1) is 17.3 Å². The maximum atomic E-state index is 10.1. The summed E-state index contributed by atoms with van der Waals surface area (Å²) in [5.41, 5.74) is 4.60. The highest BCUT2D eigenvalue weighted by Gasteiger charge is 2.48. The molecule has 4 unspecified atom stereocenters. The monoisotopic (exact) mass is 427 g/mol. The summed E-state index contributed by atoms with van der Waals surface area (Å²) in [6.07, 6.45) is 17.5. The second-order valence-electron chi connectivity index (χ2n) is 11.3. The quantitative estimate of drug-likeness (QED) is 0.542. The summed E-state index contributed by atoms with van der Waals surface area (Å²) in [6, 6.07) is 0. The molecular weight excluding hydrogens is 382 g/mol. The van der Waals surface area contributed by atoms with Crippen molar-refractivity contribution < 1.29 is 9.84 Å². The van der Waals surface area contributed by atoms with E-state index in [2.05, 4.69) is 44.4 Å². The second-order valence-corrected chi connectivity index (χ2v) is 11.3. The van der Waals surface area contributed by atoms with Crippen LogP contribution in [0.5, 0.6) is 0 Å². The average molecular weight is 428 g/mol. The predicted molar refractivity (Wildman–Crippen MR) is 129 cm³/mol. The lowest BCUT2D eigenvalue weighted by Crippen LogP contribution is -2.45. The van der Waals surface area contributed by atoms with E-state index in [1.54, 1.807) is 5.57 Å². The van der Waals surface area contributed by atoms with Crippen molar-refractivity contribution >= 4 is 0 Å².